The number of primary amides is 1. The van der Waals surface area contributed by atoms with Crippen LogP contribution in [0.25, 0.3) is 0 Å². The number of aromatic nitrogens is 1. The Balaban J connectivity index is 1.36. The van der Waals surface area contributed by atoms with E-state index in [1.54, 1.807) is 47.5 Å². The smallest absolute Gasteiger partial charge is 0.260 e. The van der Waals surface area contributed by atoms with Crippen molar-refractivity contribution in [1.29, 1.82) is 0 Å². The molecule has 7 heteroatoms. The molecule has 3 aromatic rings. The number of hydrogen-bond donors (Lipinski definition) is 1. The SMILES string of the molecule is NC(=O)c1ccc(CN2Cc3ccnc(Oc4ccc(C5CC5)cc4F)c3C2=O)cc1. The first kappa shape index (κ1) is 19.2. The molecule has 31 heavy (non-hydrogen) atoms. The molecule has 0 spiro atoms. The maximum absolute atomic E-state index is 14.5. The van der Waals surface area contributed by atoms with Gasteiger partial charge in [0.05, 0.1) is 0 Å². The van der Waals surface area contributed by atoms with Crippen LogP contribution in [-0.2, 0) is 13.1 Å². The number of rotatable bonds is 6. The topological polar surface area (TPSA) is 85.5 Å². The molecule has 0 atom stereocenters. The second-order valence-electron chi connectivity index (χ2n) is 7.94. The molecule has 1 aromatic heterocycles. The minimum Gasteiger partial charge on any atom is -0.435 e. The van der Waals surface area contributed by atoms with Crippen molar-refractivity contribution in [3.8, 4) is 11.6 Å². The molecule has 2 aliphatic rings. The van der Waals surface area contributed by atoms with Gasteiger partial charge in [-0.2, -0.15) is 0 Å². The van der Waals surface area contributed by atoms with E-state index < -0.39 is 11.7 Å². The number of nitrogens with zero attached hydrogens (tertiary/aromatic N) is 2. The third-order valence-electron chi connectivity index (χ3n) is 5.69. The van der Waals surface area contributed by atoms with Crippen LogP contribution in [-0.4, -0.2) is 21.7 Å². The number of ether oxygens (including phenoxy) is 1. The summed E-state index contributed by atoms with van der Waals surface area (Å²) in [5, 5.41) is 0. The molecule has 0 saturated heterocycles. The van der Waals surface area contributed by atoms with Crippen LogP contribution in [0.2, 0.25) is 0 Å². The van der Waals surface area contributed by atoms with Gasteiger partial charge in [-0.3, -0.25) is 9.59 Å². The van der Waals surface area contributed by atoms with Crippen molar-refractivity contribution >= 4 is 11.8 Å². The maximum atomic E-state index is 14.5. The van der Waals surface area contributed by atoms with E-state index in [1.165, 1.54) is 6.07 Å². The number of carbonyl (C=O) groups excluding carboxylic acids is 2. The van der Waals surface area contributed by atoms with Crippen LogP contribution in [0.4, 0.5) is 4.39 Å². The van der Waals surface area contributed by atoms with Crippen LogP contribution in [0, 0.1) is 5.82 Å². The van der Waals surface area contributed by atoms with Gasteiger partial charge in [-0.05, 0) is 65.8 Å². The van der Waals surface area contributed by atoms with Gasteiger partial charge in [0.1, 0.15) is 5.56 Å². The summed E-state index contributed by atoms with van der Waals surface area (Å²) in [6.45, 7) is 0.754. The molecule has 1 fully saturated rings. The molecule has 1 saturated carbocycles. The number of carbonyl (C=O) groups is 2. The quantitative estimate of drug-likeness (QED) is 0.653. The van der Waals surface area contributed by atoms with Gasteiger partial charge in [0.2, 0.25) is 11.8 Å². The molecule has 2 N–H and O–H groups in total. The number of pyridine rings is 1. The zero-order valence-corrected chi connectivity index (χ0v) is 16.7. The fourth-order valence-electron chi connectivity index (χ4n) is 3.85. The van der Waals surface area contributed by atoms with Crippen molar-refractivity contribution in [3.63, 3.8) is 0 Å². The van der Waals surface area contributed by atoms with Gasteiger partial charge in [0, 0.05) is 24.8 Å². The fourth-order valence-corrected chi connectivity index (χ4v) is 3.85. The lowest BCUT2D eigenvalue weighted by molar-refractivity contribution is 0.0764. The van der Waals surface area contributed by atoms with Crippen LogP contribution in [0.1, 0.15) is 56.2 Å². The fraction of sp³-hybridized carbons (Fsp3) is 0.208. The van der Waals surface area contributed by atoms with Crippen molar-refractivity contribution in [1.82, 2.24) is 9.88 Å². The van der Waals surface area contributed by atoms with E-state index in [1.807, 2.05) is 6.07 Å². The minimum atomic E-state index is -0.499. The highest BCUT2D eigenvalue weighted by atomic mass is 19.1. The predicted molar refractivity (Wildman–Crippen MR) is 111 cm³/mol. The Kier molecular flexibility index (Phi) is 4.66. The monoisotopic (exact) mass is 417 g/mol. The van der Waals surface area contributed by atoms with Crippen LogP contribution in [0.15, 0.2) is 54.7 Å². The predicted octanol–water partition coefficient (Wildman–Crippen LogP) is 4.15. The van der Waals surface area contributed by atoms with Gasteiger partial charge in [-0.15, -0.1) is 0 Å². The summed E-state index contributed by atoms with van der Waals surface area (Å²) in [4.78, 5) is 30.1. The standard InChI is InChI=1S/C24H20FN3O3/c25-19-11-17(15-5-6-15)7-8-20(19)31-23-21-18(9-10-27-23)13-28(24(21)30)12-14-1-3-16(4-2-14)22(26)29/h1-4,7-11,15H,5-6,12-13H2,(H2,26,29). The first-order chi connectivity index (χ1) is 15.0. The van der Waals surface area contributed by atoms with Crippen LogP contribution in [0.3, 0.4) is 0 Å². The first-order valence-corrected chi connectivity index (χ1v) is 10.1. The third-order valence-corrected chi connectivity index (χ3v) is 5.69. The van der Waals surface area contributed by atoms with Crippen LogP contribution in [0.5, 0.6) is 11.6 Å². The Morgan fingerprint density at radius 1 is 1.16 bits per heavy atom. The zero-order chi connectivity index (χ0) is 21.5. The Bertz CT molecular complexity index is 1190. The molecular weight excluding hydrogens is 397 g/mol. The highest BCUT2D eigenvalue weighted by Crippen LogP contribution is 2.41. The Hall–Kier alpha value is -3.74. The molecule has 0 bridgehead atoms. The molecule has 2 heterocycles. The Labute approximate surface area is 178 Å². The molecule has 0 radical (unpaired) electrons. The highest BCUT2D eigenvalue weighted by molar-refractivity contribution is 6.00. The molecule has 156 valence electrons. The van der Waals surface area contributed by atoms with E-state index in [9.17, 15) is 14.0 Å². The molecule has 1 aliphatic heterocycles. The summed E-state index contributed by atoms with van der Waals surface area (Å²) < 4.78 is 20.3. The average Bonchev–Trinajstić information content (AvgIpc) is 3.55. The normalized spacial score (nSPS) is 15.1. The second-order valence-corrected chi connectivity index (χ2v) is 7.94. The number of nitrogens with two attached hydrogens (primary N) is 1. The second kappa shape index (κ2) is 7.50. The van der Waals surface area contributed by atoms with Gasteiger partial charge in [0.15, 0.2) is 11.6 Å². The molecule has 2 aromatic carbocycles. The van der Waals surface area contributed by atoms with Crippen molar-refractivity contribution in [3.05, 3.63) is 88.4 Å². The summed E-state index contributed by atoms with van der Waals surface area (Å²) in [6, 6.07) is 13.5. The Morgan fingerprint density at radius 3 is 2.61 bits per heavy atom. The minimum absolute atomic E-state index is 0.0543. The third kappa shape index (κ3) is 3.74. The van der Waals surface area contributed by atoms with E-state index in [-0.39, 0.29) is 17.5 Å². The molecule has 5 rings (SSSR count). The van der Waals surface area contributed by atoms with Crippen molar-refractivity contribution in [2.45, 2.75) is 31.8 Å². The van der Waals surface area contributed by atoms with Gasteiger partial charge < -0.3 is 15.4 Å². The van der Waals surface area contributed by atoms with E-state index >= 15 is 0 Å². The van der Waals surface area contributed by atoms with E-state index in [0.29, 0.717) is 30.1 Å². The Morgan fingerprint density at radius 2 is 1.94 bits per heavy atom. The first-order valence-electron chi connectivity index (χ1n) is 10.1. The lowest BCUT2D eigenvalue weighted by atomic mass is 10.1. The average molecular weight is 417 g/mol. The van der Waals surface area contributed by atoms with Gasteiger partial charge in [-0.25, -0.2) is 9.37 Å². The number of amides is 2. The summed E-state index contributed by atoms with van der Waals surface area (Å²) in [6.07, 6.45) is 3.73. The summed E-state index contributed by atoms with van der Waals surface area (Å²) in [5.41, 5.74) is 8.65. The number of fused-ring (bicyclic) bond motifs is 1. The van der Waals surface area contributed by atoms with E-state index in [0.717, 1.165) is 29.5 Å². The van der Waals surface area contributed by atoms with Gasteiger partial charge in [0.25, 0.3) is 5.91 Å². The molecule has 6 nitrogen and oxygen atoms in total. The number of halogens is 1. The number of hydrogen-bond acceptors (Lipinski definition) is 4. The molecular formula is C24H20FN3O3. The van der Waals surface area contributed by atoms with Crippen molar-refractivity contribution in [2.24, 2.45) is 5.73 Å². The van der Waals surface area contributed by atoms with Crippen molar-refractivity contribution in [2.75, 3.05) is 0 Å². The summed E-state index contributed by atoms with van der Waals surface area (Å²) >= 11 is 0. The molecule has 0 unspecified atom stereocenters. The van der Waals surface area contributed by atoms with E-state index in [2.05, 4.69) is 4.98 Å². The van der Waals surface area contributed by atoms with Crippen LogP contribution < -0.4 is 10.5 Å². The van der Waals surface area contributed by atoms with Gasteiger partial charge in [-0.1, -0.05) is 18.2 Å². The zero-order valence-electron chi connectivity index (χ0n) is 16.7. The largest absolute Gasteiger partial charge is 0.435 e. The van der Waals surface area contributed by atoms with E-state index in [4.69, 9.17) is 10.5 Å². The summed E-state index contributed by atoms with van der Waals surface area (Å²) in [5.74, 6) is -0.588. The lowest BCUT2D eigenvalue weighted by Gasteiger charge is -2.16. The maximum Gasteiger partial charge on any atom is 0.260 e. The molecule has 1 aliphatic carbocycles. The van der Waals surface area contributed by atoms with Crippen LogP contribution >= 0.6 is 0 Å². The van der Waals surface area contributed by atoms with Crippen molar-refractivity contribution < 1.29 is 18.7 Å². The highest BCUT2D eigenvalue weighted by Gasteiger charge is 2.32. The molecule has 2 amide bonds. The van der Waals surface area contributed by atoms with Gasteiger partial charge >= 0.3 is 0 Å². The summed E-state index contributed by atoms with van der Waals surface area (Å²) in [7, 11) is 0. The number of benzene rings is 2. The lowest BCUT2D eigenvalue weighted by Crippen LogP contribution is -2.23.